The Morgan fingerprint density at radius 1 is 0.632 bits per heavy atom. The minimum Gasteiger partial charge on any atom is -0.493 e. The summed E-state index contributed by atoms with van der Waals surface area (Å²) in [5.41, 5.74) is 8.28. The van der Waals surface area contributed by atoms with Crippen molar-refractivity contribution in [3.05, 3.63) is 76.6 Å². The van der Waals surface area contributed by atoms with Gasteiger partial charge in [0.05, 0.1) is 6.61 Å². The average molecular weight is 974 g/mol. The highest BCUT2D eigenvalue weighted by Crippen LogP contribution is 2.46. The molecule has 68 heavy (non-hydrogen) atoms. The van der Waals surface area contributed by atoms with Crippen LogP contribution in [0.5, 0.6) is 5.75 Å². The summed E-state index contributed by atoms with van der Waals surface area (Å²) in [5, 5.41) is 20.3. The Morgan fingerprint density at radius 3 is 1.66 bits per heavy atom. The van der Waals surface area contributed by atoms with E-state index in [-0.39, 0.29) is 35.0 Å². The van der Waals surface area contributed by atoms with Gasteiger partial charge in [0.2, 0.25) is 0 Å². The van der Waals surface area contributed by atoms with Gasteiger partial charge >= 0.3 is 0 Å². The van der Waals surface area contributed by atoms with E-state index in [1.54, 1.807) is 0 Å². The minimum absolute atomic E-state index is 0.0912. The Morgan fingerprint density at radius 2 is 1.16 bits per heavy atom. The maximum absolute atomic E-state index is 16.2. The summed E-state index contributed by atoms with van der Waals surface area (Å²) in [5.74, 6) is 4.10. The summed E-state index contributed by atoms with van der Waals surface area (Å²) >= 11 is 0. The molecule has 2 aliphatic rings. The molecule has 2 aliphatic carbocycles. The first-order valence-electron chi connectivity index (χ1n) is 27.4. The van der Waals surface area contributed by atoms with Crippen LogP contribution in [0.3, 0.4) is 0 Å². The molecule has 2 fully saturated rings. The van der Waals surface area contributed by atoms with Crippen LogP contribution in [0.1, 0.15) is 180 Å². The van der Waals surface area contributed by atoms with E-state index in [1.807, 2.05) is 12.1 Å². The lowest BCUT2D eigenvalue weighted by Crippen LogP contribution is -2.44. The number of hydrogen-bond acceptors (Lipinski definition) is 5. The van der Waals surface area contributed by atoms with E-state index in [9.17, 15) is 10.2 Å². The third-order valence-electron chi connectivity index (χ3n) is 17.3. The normalized spacial score (nSPS) is 19.8. The first kappa shape index (κ1) is 56.6. The third kappa shape index (κ3) is 15.6. The van der Waals surface area contributed by atoms with E-state index in [2.05, 4.69) is 118 Å². The molecule has 0 spiro atoms. The molecule has 2 N–H and O–H groups in total. The molecule has 0 atom stereocenters. The van der Waals surface area contributed by atoms with Gasteiger partial charge < -0.3 is 23.8 Å². The second-order valence-electron chi connectivity index (χ2n) is 24.3. The van der Waals surface area contributed by atoms with Crippen LogP contribution in [0.25, 0.3) is 22.3 Å². The van der Waals surface area contributed by atoms with Crippen LogP contribution in [0, 0.1) is 29.5 Å². The van der Waals surface area contributed by atoms with E-state index in [0.717, 1.165) is 64.2 Å². The third-order valence-corrected chi connectivity index (χ3v) is 26.3. The van der Waals surface area contributed by atoms with Crippen LogP contribution in [-0.4, -0.2) is 59.9 Å². The zero-order valence-corrected chi connectivity index (χ0v) is 47.3. The van der Waals surface area contributed by atoms with Gasteiger partial charge in [0.1, 0.15) is 11.6 Å². The molecular formula is C60H97FO5Si2. The second-order valence-corrected chi connectivity index (χ2v) is 33.9. The summed E-state index contributed by atoms with van der Waals surface area (Å²) in [7, 11) is -3.95. The fraction of sp³-hybridized carbons (Fsp3) is 0.700. The molecule has 5 nitrogen and oxygen atoms in total. The Labute approximate surface area is 417 Å². The molecule has 0 aliphatic heterocycles. The Balaban J connectivity index is 1.32. The van der Waals surface area contributed by atoms with Crippen molar-refractivity contribution >= 4 is 16.6 Å². The van der Waals surface area contributed by atoms with Gasteiger partial charge in [-0.15, -0.1) is 0 Å². The van der Waals surface area contributed by atoms with E-state index in [0.29, 0.717) is 57.0 Å². The van der Waals surface area contributed by atoms with Crippen molar-refractivity contribution in [1.82, 2.24) is 0 Å². The smallest absolute Gasteiger partial charge is 0.191 e. The topological polar surface area (TPSA) is 68.2 Å². The number of aliphatic hydroxyl groups excluding tert-OH is 2. The summed E-state index contributed by atoms with van der Waals surface area (Å²) in [6.45, 7) is 29.5. The molecule has 3 aromatic rings. The summed E-state index contributed by atoms with van der Waals surface area (Å²) in [6, 6.07) is 17.0. The molecule has 0 unspecified atom stereocenters. The van der Waals surface area contributed by atoms with Crippen molar-refractivity contribution < 1.29 is 28.2 Å². The van der Waals surface area contributed by atoms with Crippen LogP contribution in [0.4, 0.5) is 4.39 Å². The van der Waals surface area contributed by atoms with Crippen LogP contribution in [-0.2, 0) is 28.1 Å². The SMILES string of the molecule is CCCCCC1CCC(C2CCC(c3ccc(-c4ccc(-c5cc(CCCO)c(OCCC(CO[Si](C)(C)C(C)(C)C)CO[Si](C)(C)C(C)(C)C)c(CCCO)c5)c(CC)c4)c(F)c3)CC2)CC1. The molecule has 0 radical (unpaired) electrons. The van der Waals surface area contributed by atoms with E-state index >= 15 is 4.39 Å². The predicted octanol–water partition coefficient (Wildman–Crippen LogP) is 16.7. The van der Waals surface area contributed by atoms with Crippen molar-refractivity contribution in [2.75, 3.05) is 33.0 Å². The molecule has 0 saturated heterocycles. The van der Waals surface area contributed by atoms with Crippen molar-refractivity contribution in [2.45, 2.75) is 213 Å². The lowest BCUT2D eigenvalue weighted by Gasteiger charge is -2.39. The highest BCUT2D eigenvalue weighted by atomic mass is 28.4. The molecule has 382 valence electrons. The van der Waals surface area contributed by atoms with Crippen LogP contribution >= 0.6 is 0 Å². The van der Waals surface area contributed by atoms with Gasteiger partial charge in [-0.1, -0.05) is 124 Å². The van der Waals surface area contributed by atoms with Gasteiger partial charge in [-0.2, -0.15) is 0 Å². The van der Waals surface area contributed by atoms with Crippen LogP contribution < -0.4 is 4.74 Å². The van der Waals surface area contributed by atoms with Gasteiger partial charge in [-0.3, -0.25) is 0 Å². The van der Waals surface area contributed by atoms with Gasteiger partial charge in [0.15, 0.2) is 16.6 Å². The summed E-state index contributed by atoms with van der Waals surface area (Å²) in [6.07, 6.45) is 20.4. The lowest BCUT2D eigenvalue weighted by atomic mass is 9.68. The van der Waals surface area contributed by atoms with Crippen molar-refractivity contribution in [3.63, 3.8) is 0 Å². The largest absolute Gasteiger partial charge is 0.493 e. The maximum Gasteiger partial charge on any atom is 0.191 e. The number of aliphatic hydroxyl groups is 2. The molecular weight excluding hydrogens is 876 g/mol. The fourth-order valence-electron chi connectivity index (χ4n) is 10.5. The standard InChI is InChI=1S/C60H97FO5Si2/c1-13-15-16-19-44-22-24-47(25-23-44)48-26-28-49(29-27-48)50-30-33-56(57(61)41-50)51-31-32-55(46(14-2)38-51)54-39-52(20-17-35-62)58(53(40-54)21-18-36-63)64-37-34-45(42-65-67(9,10)59(3,4)5)43-66-68(11,12)60(6,7)8/h30-33,38-41,44-45,47-49,62-63H,13-29,34-37,42-43H2,1-12H3. The number of rotatable bonds is 25. The van der Waals surface area contributed by atoms with Crippen molar-refractivity contribution in [3.8, 4) is 28.0 Å². The monoisotopic (exact) mass is 973 g/mol. The molecule has 0 bridgehead atoms. The maximum atomic E-state index is 16.2. The summed E-state index contributed by atoms with van der Waals surface area (Å²) in [4.78, 5) is 0. The molecule has 0 aromatic heterocycles. The van der Waals surface area contributed by atoms with Gasteiger partial charge in [0, 0.05) is 37.9 Å². The lowest BCUT2D eigenvalue weighted by molar-refractivity contribution is 0.135. The van der Waals surface area contributed by atoms with E-state index in [1.165, 1.54) is 88.2 Å². The number of ether oxygens (including phenoxy) is 1. The van der Waals surface area contributed by atoms with Gasteiger partial charge in [0.25, 0.3) is 0 Å². The second kappa shape index (κ2) is 25.9. The van der Waals surface area contributed by atoms with Crippen LogP contribution in [0.15, 0.2) is 48.5 Å². The molecule has 2 saturated carbocycles. The Bertz CT molecular complexity index is 1920. The number of benzene rings is 3. The molecule has 3 aromatic carbocycles. The van der Waals surface area contributed by atoms with E-state index < -0.39 is 16.6 Å². The number of unbranched alkanes of at least 4 members (excludes halogenated alkanes) is 2. The fourth-order valence-corrected chi connectivity index (χ4v) is 12.7. The van der Waals surface area contributed by atoms with E-state index in [4.69, 9.17) is 13.6 Å². The first-order valence-corrected chi connectivity index (χ1v) is 33.2. The highest BCUT2D eigenvalue weighted by Gasteiger charge is 2.40. The zero-order valence-electron chi connectivity index (χ0n) is 45.3. The van der Waals surface area contributed by atoms with Gasteiger partial charge in [-0.05, 0) is 194 Å². The molecule has 5 rings (SSSR count). The quantitative estimate of drug-likeness (QED) is 0.0654. The highest BCUT2D eigenvalue weighted by molar-refractivity contribution is 6.74. The Hall–Kier alpha value is -2.34. The molecule has 0 amide bonds. The minimum atomic E-state index is -1.97. The van der Waals surface area contributed by atoms with Crippen LogP contribution in [0.2, 0.25) is 36.3 Å². The van der Waals surface area contributed by atoms with Gasteiger partial charge in [-0.25, -0.2) is 4.39 Å². The van der Waals surface area contributed by atoms with Crippen molar-refractivity contribution in [2.24, 2.45) is 23.7 Å². The number of aryl methyl sites for hydroxylation is 3. The van der Waals surface area contributed by atoms with Crippen molar-refractivity contribution in [1.29, 1.82) is 0 Å². The predicted molar refractivity (Wildman–Crippen MR) is 292 cm³/mol. The summed E-state index contributed by atoms with van der Waals surface area (Å²) < 4.78 is 36.7. The zero-order chi connectivity index (χ0) is 49.7. The Kier molecular flexibility index (Phi) is 21.5. The average Bonchev–Trinajstić information content (AvgIpc) is 3.30. The molecule has 0 heterocycles. The molecule has 8 heteroatoms. The number of hydrogen-bond donors (Lipinski definition) is 2. The first-order chi connectivity index (χ1) is 32.2. The number of halogens is 1.